The molecule has 0 aromatic rings. The third-order valence-corrected chi connectivity index (χ3v) is 4.99. The minimum atomic E-state index is -1.23. The van der Waals surface area contributed by atoms with Crippen LogP contribution in [-0.4, -0.2) is 71.0 Å². The smallest absolute Gasteiger partial charge is 0.327 e. The van der Waals surface area contributed by atoms with Gasteiger partial charge in [0.1, 0.15) is 12.1 Å². The summed E-state index contributed by atoms with van der Waals surface area (Å²) in [5, 5.41) is 19.2. The lowest BCUT2D eigenvalue weighted by Crippen LogP contribution is -2.56. The fraction of sp³-hybridized carbons (Fsp3) is 0.737. The lowest BCUT2D eigenvalue weighted by molar-refractivity contribution is -0.141. The summed E-state index contributed by atoms with van der Waals surface area (Å²) in [6.45, 7) is 8.23. The molecule has 0 aliphatic carbocycles. The number of carboxylic acid groups (broad SMARTS) is 1. The van der Waals surface area contributed by atoms with Gasteiger partial charge in [0, 0.05) is 12.7 Å². The van der Waals surface area contributed by atoms with E-state index in [0.717, 1.165) is 11.8 Å². The molecule has 0 bridgehead atoms. The Kier molecular flexibility index (Phi) is 13.5. The maximum absolute atomic E-state index is 12.6. The van der Waals surface area contributed by atoms with Crippen LogP contribution in [0.1, 0.15) is 41.0 Å². The fourth-order valence-electron chi connectivity index (χ4n) is 2.44. The van der Waals surface area contributed by atoms with Crippen molar-refractivity contribution in [1.82, 2.24) is 21.3 Å². The van der Waals surface area contributed by atoms with E-state index in [1.807, 2.05) is 13.8 Å². The van der Waals surface area contributed by atoms with Crippen LogP contribution in [0.2, 0.25) is 0 Å². The number of nitrogens with one attached hydrogen (secondary N) is 4. The number of hydrogen-bond donors (Lipinski definition) is 6. The Labute approximate surface area is 187 Å². The summed E-state index contributed by atoms with van der Waals surface area (Å²) in [6, 6.07) is -2.92. The van der Waals surface area contributed by atoms with Crippen molar-refractivity contribution in [2.75, 3.05) is 18.2 Å². The van der Waals surface area contributed by atoms with Gasteiger partial charge >= 0.3 is 5.97 Å². The molecule has 0 aliphatic heterocycles. The van der Waals surface area contributed by atoms with Gasteiger partial charge in [-0.3, -0.25) is 19.2 Å². The second-order valence-electron chi connectivity index (χ2n) is 7.89. The molecule has 0 fully saturated rings. The molecule has 178 valence electrons. The molecule has 0 saturated carbocycles. The zero-order valence-corrected chi connectivity index (χ0v) is 19.5. The Morgan fingerprint density at radius 3 is 2.06 bits per heavy atom. The van der Waals surface area contributed by atoms with Gasteiger partial charge in [-0.25, -0.2) is 4.79 Å². The molecule has 0 spiro atoms. The predicted octanol–water partition coefficient (Wildman–Crippen LogP) is -0.987. The molecular formula is C19H35N5O6S. The average molecular weight is 462 g/mol. The summed E-state index contributed by atoms with van der Waals surface area (Å²) in [7, 11) is 0. The number of carboxylic acids is 1. The number of thioether (sulfide) groups is 1. The van der Waals surface area contributed by atoms with E-state index >= 15 is 0 Å². The highest BCUT2D eigenvalue weighted by Gasteiger charge is 2.29. The quantitative estimate of drug-likeness (QED) is 0.141. The summed E-state index contributed by atoms with van der Waals surface area (Å²) >= 11 is 1.14. The molecule has 0 heterocycles. The van der Waals surface area contributed by atoms with Gasteiger partial charge in [0.25, 0.3) is 0 Å². The summed E-state index contributed by atoms with van der Waals surface area (Å²) in [6.07, 6.45) is 0.473. The highest BCUT2D eigenvalue weighted by Crippen LogP contribution is 2.06. The van der Waals surface area contributed by atoms with E-state index in [-0.39, 0.29) is 35.9 Å². The van der Waals surface area contributed by atoms with E-state index in [1.165, 1.54) is 6.92 Å². The first-order valence-electron chi connectivity index (χ1n) is 10.0. The molecule has 12 heteroatoms. The number of carbonyl (C=O) groups is 5. The van der Waals surface area contributed by atoms with E-state index < -0.39 is 41.8 Å². The summed E-state index contributed by atoms with van der Waals surface area (Å²) in [5.41, 5.74) is 5.76. The molecule has 4 amide bonds. The largest absolute Gasteiger partial charge is 0.480 e. The van der Waals surface area contributed by atoms with Gasteiger partial charge in [0.15, 0.2) is 0 Å². The SMILES string of the molecule is CC(=O)NCSC[C@H](NC(=O)[C@@H](NC(=O)CNC(=O)[C@@H](N)CC(C)C)C(C)C)C(=O)O. The molecular weight excluding hydrogens is 426 g/mol. The number of amides is 4. The van der Waals surface area contributed by atoms with Crippen LogP contribution >= 0.6 is 11.8 Å². The zero-order chi connectivity index (χ0) is 24.1. The Morgan fingerprint density at radius 2 is 1.58 bits per heavy atom. The minimum Gasteiger partial charge on any atom is -0.480 e. The van der Waals surface area contributed by atoms with Crippen molar-refractivity contribution < 1.29 is 29.1 Å². The van der Waals surface area contributed by atoms with Crippen molar-refractivity contribution in [2.45, 2.75) is 59.2 Å². The third-order valence-electron chi connectivity index (χ3n) is 4.07. The molecule has 0 saturated heterocycles. The number of carbonyl (C=O) groups excluding carboxylic acids is 4. The highest BCUT2D eigenvalue weighted by molar-refractivity contribution is 7.99. The van der Waals surface area contributed by atoms with Crippen LogP contribution < -0.4 is 27.0 Å². The van der Waals surface area contributed by atoms with Crippen molar-refractivity contribution in [3.8, 4) is 0 Å². The van der Waals surface area contributed by atoms with Gasteiger partial charge in [0.2, 0.25) is 23.6 Å². The van der Waals surface area contributed by atoms with Crippen LogP contribution in [0.3, 0.4) is 0 Å². The first-order chi connectivity index (χ1) is 14.3. The van der Waals surface area contributed by atoms with Gasteiger partial charge in [-0.2, -0.15) is 0 Å². The molecule has 0 rings (SSSR count). The maximum atomic E-state index is 12.6. The monoisotopic (exact) mass is 461 g/mol. The Balaban J connectivity index is 4.76. The zero-order valence-electron chi connectivity index (χ0n) is 18.7. The molecule has 0 aromatic heterocycles. The van der Waals surface area contributed by atoms with Crippen molar-refractivity contribution in [2.24, 2.45) is 17.6 Å². The van der Waals surface area contributed by atoms with Crippen LogP contribution in [0.15, 0.2) is 0 Å². The Morgan fingerprint density at radius 1 is 0.968 bits per heavy atom. The fourth-order valence-corrected chi connectivity index (χ4v) is 3.32. The number of aliphatic carboxylic acids is 1. The van der Waals surface area contributed by atoms with E-state index in [0.29, 0.717) is 6.42 Å². The lowest BCUT2D eigenvalue weighted by atomic mass is 10.0. The number of nitrogens with two attached hydrogens (primary N) is 1. The van der Waals surface area contributed by atoms with E-state index in [2.05, 4.69) is 21.3 Å². The van der Waals surface area contributed by atoms with Crippen LogP contribution in [0.5, 0.6) is 0 Å². The number of hydrogen-bond acceptors (Lipinski definition) is 7. The average Bonchev–Trinajstić information content (AvgIpc) is 2.64. The van der Waals surface area contributed by atoms with E-state index in [1.54, 1.807) is 13.8 Å². The highest BCUT2D eigenvalue weighted by atomic mass is 32.2. The second kappa shape index (κ2) is 14.6. The normalized spacial score (nSPS) is 13.8. The van der Waals surface area contributed by atoms with Crippen molar-refractivity contribution >= 4 is 41.4 Å². The first kappa shape index (κ1) is 28.7. The van der Waals surface area contributed by atoms with Gasteiger partial charge < -0.3 is 32.1 Å². The molecule has 0 unspecified atom stereocenters. The topological polar surface area (TPSA) is 180 Å². The van der Waals surface area contributed by atoms with Crippen LogP contribution in [0.4, 0.5) is 0 Å². The van der Waals surface area contributed by atoms with Gasteiger partial charge in [-0.15, -0.1) is 11.8 Å². The Bertz CT molecular complexity index is 643. The Hall–Kier alpha value is -2.34. The molecule has 31 heavy (non-hydrogen) atoms. The summed E-state index contributed by atoms with van der Waals surface area (Å²) < 4.78 is 0. The molecule has 0 aromatic carbocycles. The number of rotatable bonds is 14. The van der Waals surface area contributed by atoms with Crippen molar-refractivity contribution in [3.05, 3.63) is 0 Å². The molecule has 0 radical (unpaired) electrons. The summed E-state index contributed by atoms with van der Waals surface area (Å²) in [4.78, 5) is 59.0. The van der Waals surface area contributed by atoms with Gasteiger partial charge in [-0.1, -0.05) is 27.7 Å². The molecule has 0 aliphatic rings. The van der Waals surface area contributed by atoms with Crippen molar-refractivity contribution in [3.63, 3.8) is 0 Å². The molecule has 11 nitrogen and oxygen atoms in total. The standard InChI is InChI=1S/C19H35N5O6S/c1-10(2)6-13(20)17(27)21-7-15(26)24-16(11(3)4)18(28)23-14(19(29)30)8-31-9-22-12(5)25/h10-11,13-14,16H,6-9,20H2,1-5H3,(H,21,27)(H,22,25)(H,23,28)(H,24,26)(H,29,30)/t13-,14-,16-/m0/s1. The van der Waals surface area contributed by atoms with Crippen molar-refractivity contribution in [1.29, 1.82) is 0 Å². The van der Waals surface area contributed by atoms with Crippen LogP contribution in [-0.2, 0) is 24.0 Å². The maximum Gasteiger partial charge on any atom is 0.327 e. The minimum absolute atomic E-state index is 0.0317. The van der Waals surface area contributed by atoms with Gasteiger partial charge in [-0.05, 0) is 18.3 Å². The van der Waals surface area contributed by atoms with E-state index in [4.69, 9.17) is 5.73 Å². The molecule has 3 atom stereocenters. The predicted molar refractivity (Wildman–Crippen MR) is 118 cm³/mol. The van der Waals surface area contributed by atoms with Gasteiger partial charge in [0.05, 0.1) is 18.5 Å². The van der Waals surface area contributed by atoms with E-state index in [9.17, 15) is 29.1 Å². The van der Waals surface area contributed by atoms with Crippen LogP contribution in [0, 0.1) is 11.8 Å². The van der Waals surface area contributed by atoms with Crippen LogP contribution in [0.25, 0.3) is 0 Å². The first-order valence-corrected chi connectivity index (χ1v) is 11.2. The summed E-state index contributed by atoms with van der Waals surface area (Å²) in [5.74, 6) is -3.05. The third kappa shape index (κ3) is 12.8. The molecule has 7 N–H and O–H groups in total. The second-order valence-corrected chi connectivity index (χ2v) is 8.92. The lowest BCUT2D eigenvalue weighted by Gasteiger charge is -2.24.